The van der Waals surface area contributed by atoms with Gasteiger partial charge in [0, 0.05) is 5.69 Å². The number of ether oxygens (including phenoxy) is 3. The fraction of sp³-hybridized carbons (Fsp3) is 0.211. The Morgan fingerprint density at radius 1 is 1.00 bits per heavy atom. The Morgan fingerprint density at radius 3 is 2.31 bits per heavy atom. The van der Waals surface area contributed by atoms with E-state index in [2.05, 4.69) is 0 Å². The van der Waals surface area contributed by atoms with Crippen molar-refractivity contribution in [1.82, 2.24) is 0 Å². The molecule has 1 amide bonds. The minimum Gasteiger partial charge on any atom is -0.493 e. The number of nitriles is 1. The van der Waals surface area contributed by atoms with Crippen molar-refractivity contribution in [2.75, 3.05) is 31.8 Å². The van der Waals surface area contributed by atoms with Crippen LogP contribution in [0, 0.1) is 11.3 Å². The lowest BCUT2D eigenvalue weighted by atomic mass is 10.3. The number of hydrogen-bond donors (Lipinski definition) is 0. The third-order valence-corrected chi connectivity index (χ3v) is 3.37. The van der Waals surface area contributed by atoms with Crippen LogP contribution < -0.4 is 14.4 Å². The molecule has 134 valence electrons. The van der Waals surface area contributed by atoms with Crippen LogP contribution in [0.2, 0.25) is 0 Å². The van der Waals surface area contributed by atoms with Gasteiger partial charge in [-0.05, 0) is 24.3 Å². The molecule has 26 heavy (non-hydrogen) atoms. The van der Waals surface area contributed by atoms with Crippen LogP contribution in [0.3, 0.4) is 0 Å². The SMILES string of the molecule is COc1ccccc1OCC(=O)OCC(=O)N(CC#N)c1ccccc1. The van der Waals surface area contributed by atoms with E-state index in [1.54, 1.807) is 54.6 Å². The fourth-order valence-corrected chi connectivity index (χ4v) is 2.14. The summed E-state index contributed by atoms with van der Waals surface area (Å²) in [5, 5.41) is 8.90. The zero-order valence-electron chi connectivity index (χ0n) is 14.3. The first-order valence-electron chi connectivity index (χ1n) is 7.79. The highest BCUT2D eigenvalue weighted by atomic mass is 16.6. The smallest absolute Gasteiger partial charge is 0.344 e. The van der Waals surface area contributed by atoms with Gasteiger partial charge in [-0.3, -0.25) is 9.69 Å². The van der Waals surface area contributed by atoms with Crippen LogP contribution in [0.15, 0.2) is 54.6 Å². The fourth-order valence-electron chi connectivity index (χ4n) is 2.14. The second-order valence-electron chi connectivity index (χ2n) is 5.07. The van der Waals surface area contributed by atoms with Crippen molar-refractivity contribution in [1.29, 1.82) is 5.26 Å². The lowest BCUT2D eigenvalue weighted by Gasteiger charge is -2.19. The molecule has 7 heteroatoms. The zero-order chi connectivity index (χ0) is 18.8. The second kappa shape index (κ2) is 9.69. The molecule has 2 aromatic carbocycles. The van der Waals surface area contributed by atoms with Gasteiger partial charge < -0.3 is 14.2 Å². The molecule has 0 saturated heterocycles. The molecule has 0 aliphatic heterocycles. The molecular formula is C19H18N2O5. The van der Waals surface area contributed by atoms with Crippen LogP contribution in [0.5, 0.6) is 11.5 Å². The standard InChI is InChI=1S/C19H18N2O5/c1-24-16-9-5-6-10-17(16)25-14-19(23)26-13-18(22)21(12-11-20)15-7-3-2-4-8-15/h2-10H,12-14H2,1H3. The van der Waals surface area contributed by atoms with E-state index >= 15 is 0 Å². The Labute approximate surface area is 151 Å². The highest BCUT2D eigenvalue weighted by molar-refractivity contribution is 5.95. The van der Waals surface area contributed by atoms with Gasteiger partial charge in [0.1, 0.15) is 6.54 Å². The molecule has 2 rings (SSSR count). The second-order valence-corrected chi connectivity index (χ2v) is 5.07. The molecule has 7 nitrogen and oxygen atoms in total. The number of methoxy groups -OCH3 is 1. The lowest BCUT2D eigenvalue weighted by molar-refractivity contribution is -0.149. The number of nitrogens with zero attached hydrogens (tertiary/aromatic N) is 2. The molecule has 0 spiro atoms. The largest absolute Gasteiger partial charge is 0.493 e. The maximum Gasteiger partial charge on any atom is 0.344 e. The molecule has 0 aliphatic rings. The summed E-state index contributed by atoms with van der Waals surface area (Å²) in [6.07, 6.45) is 0. The van der Waals surface area contributed by atoms with Gasteiger partial charge in [-0.25, -0.2) is 4.79 Å². The van der Waals surface area contributed by atoms with E-state index in [1.165, 1.54) is 12.0 Å². The maximum atomic E-state index is 12.2. The Hall–Kier alpha value is -3.53. The number of esters is 1. The Balaban J connectivity index is 1.87. The number of hydrogen-bond acceptors (Lipinski definition) is 6. The minimum absolute atomic E-state index is 0.141. The Kier molecular flexibility index (Phi) is 7.01. The predicted molar refractivity (Wildman–Crippen MR) is 93.9 cm³/mol. The number of rotatable bonds is 8. The van der Waals surface area contributed by atoms with Gasteiger partial charge in [0.2, 0.25) is 0 Å². The summed E-state index contributed by atoms with van der Waals surface area (Å²) in [7, 11) is 1.49. The maximum absolute atomic E-state index is 12.2. The summed E-state index contributed by atoms with van der Waals surface area (Å²) in [5.41, 5.74) is 0.556. The molecule has 0 N–H and O–H groups in total. The summed E-state index contributed by atoms with van der Waals surface area (Å²) < 4.78 is 15.4. The van der Waals surface area contributed by atoms with Crippen molar-refractivity contribution >= 4 is 17.6 Å². The molecule has 0 aliphatic carbocycles. The van der Waals surface area contributed by atoms with Crippen LogP contribution in [0.4, 0.5) is 5.69 Å². The summed E-state index contributed by atoms with van der Waals surface area (Å²) in [4.78, 5) is 25.3. The molecule has 0 radical (unpaired) electrons. The van der Waals surface area contributed by atoms with Gasteiger partial charge in [0.15, 0.2) is 24.7 Å². The average molecular weight is 354 g/mol. The number of amides is 1. The number of para-hydroxylation sites is 3. The molecule has 0 saturated carbocycles. The molecule has 0 bridgehead atoms. The van der Waals surface area contributed by atoms with Crippen LogP contribution >= 0.6 is 0 Å². The van der Waals surface area contributed by atoms with E-state index in [4.69, 9.17) is 19.5 Å². The Morgan fingerprint density at radius 2 is 1.65 bits per heavy atom. The number of carbonyl (C=O) groups is 2. The summed E-state index contributed by atoms with van der Waals surface area (Å²) in [6.45, 7) is -0.986. The molecular weight excluding hydrogens is 336 g/mol. The average Bonchev–Trinajstić information content (AvgIpc) is 2.69. The zero-order valence-corrected chi connectivity index (χ0v) is 14.3. The molecule has 0 aromatic heterocycles. The van der Waals surface area contributed by atoms with E-state index in [-0.39, 0.29) is 13.2 Å². The van der Waals surface area contributed by atoms with E-state index < -0.39 is 18.5 Å². The molecule has 0 unspecified atom stereocenters. The van der Waals surface area contributed by atoms with E-state index in [0.717, 1.165) is 0 Å². The van der Waals surface area contributed by atoms with Crippen molar-refractivity contribution in [3.8, 4) is 17.6 Å². The van der Waals surface area contributed by atoms with Crippen LogP contribution in [0.1, 0.15) is 0 Å². The van der Waals surface area contributed by atoms with Crippen LogP contribution in [-0.4, -0.2) is 38.7 Å². The van der Waals surface area contributed by atoms with Crippen molar-refractivity contribution in [3.05, 3.63) is 54.6 Å². The van der Waals surface area contributed by atoms with Gasteiger partial charge in [-0.1, -0.05) is 30.3 Å². The quantitative estimate of drug-likeness (QED) is 0.533. The van der Waals surface area contributed by atoms with E-state index in [1.807, 2.05) is 6.07 Å². The van der Waals surface area contributed by atoms with E-state index in [9.17, 15) is 9.59 Å². The topological polar surface area (TPSA) is 88.9 Å². The van der Waals surface area contributed by atoms with Gasteiger partial charge >= 0.3 is 5.97 Å². The van der Waals surface area contributed by atoms with Crippen molar-refractivity contribution in [2.24, 2.45) is 0 Å². The number of carbonyl (C=O) groups excluding carboxylic acids is 2. The summed E-state index contributed by atoms with van der Waals surface area (Å²) in [6, 6.07) is 17.5. The monoisotopic (exact) mass is 354 g/mol. The van der Waals surface area contributed by atoms with Crippen molar-refractivity contribution < 1.29 is 23.8 Å². The van der Waals surface area contributed by atoms with Crippen LogP contribution in [-0.2, 0) is 14.3 Å². The van der Waals surface area contributed by atoms with Crippen LogP contribution in [0.25, 0.3) is 0 Å². The highest BCUT2D eigenvalue weighted by Crippen LogP contribution is 2.25. The number of benzene rings is 2. The number of anilines is 1. The lowest BCUT2D eigenvalue weighted by Crippen LogP contribution is -2.35. The van der Waals surface area contributed by atoms with Gasteiger partial charge in [0.05, 0.1) is 13.2 Å². The van der Waals surface area contributed by atoms with E-state index in [0.29, 0.717) is 17.2 Å². The van der Waals surface area contributed by atoms with Gasteiger partial charge in [-0.2, -0.15) is 5.26 Å². The summed E-state index contributed by atoms with van der Waals surface area (Å²) in [5.74, 6) is -0.313. The summed E-state index contributed by atoms with van der Waals surface area (Å²) >= 11 is 0. The van der Waals surface area contributed by atoms with Gasteiger partial charge in [0.25, 0.3) is 5.91 Å². The highest BCUT2D eigenvalue weighted by Gasteiger charge is 2.17. The third kappa shape index (κ3) is 5.24. The minimum atomic E-state index is -0.700. The first-order chi connectivity index (χ1) is 12.7. The molecule has 0 heterocycles. The van der Waals surface area contributed by atoms with Crippen molar-refractivity contribution in [3.63, 3.8) is 0 Å². The third-order valence-electron chi connectivity index (χ3n) is 3.37. The first kappa shape index (κ1) is 18.8. The van der Waals surface area contributed by atoms with Crippen molar-refractivity contribution in [2.45, 2.75) is 0 Å². The first-order valence-corrected chi connectivity index (χ1v) is 7.79. The molecule has 2 aromatic rings. The molecule has 0 atom stereocenters. The normalized spacial score (nSPS) is 9.69. The van der Waals surface area contributed by atoms with Gasteiger partial charge in [-0.15, -0.1) is 0 Å². The molecule has 0 fully saturated rings. The predicted octanol–water partition coefficient (Wildman–Crippen LogP) is 2.17. The Bertz CT molecular complexity index is 786.